The lowest BCUT2D eigenvalue weighted by atomic mass is 9.48. The lowest BCUT2D eigenvalue weighted by molar-refractivity contribution is -0.139. The Hall–Kier alpha value is -2.39. The van der Waals surface area contributed by atoms with E-state index in [-0.39, 0.29) is 24.4 Å². The quantitative estimate of drug-likeness (QED) is 0.390. The van der Waals surface area contributed by atoms with E-state index in [0.29, 0.717) is 12.2 Å². The number of nitrogens with one attached hydrogen (secondary N) is 1. The fraction of sp³-hybridized carbons (Fsp3) is 0.548. The number of hydrogen-bond acceptors (Lipinski definition) is 4. The minimum Gasteiger partial charge on any atom is -0.355 e. The second-order valence-electron chi connectivity index (χ2n) is 12.2. The predicted molar refractivity (Wildman–Crippen MR) is 161 cm³/mol. The molecule has 4 aliphatic rings. The summed E-state index contributed by atoms with van der Waals surface area (Å²) >= 11 is 3.43. The maximum absolute atomic E-state index is 13.7. The van der Waals surface area contributed by atoms with Gasteiger partial charge in [0.15, 0.2) is 0 Å². The highest BCUT2D eigenvalue weighted by Gasteiger charge is 2.51. The van der Waals surface area contributed by atoms with Crippen LogP contribution in [0.2, 0.25) is 0 Å². The molecule has 7 nitrogen and oxygen atoms in total. The van der Waals surface area contributed by atoms with Crippen LogP contribution >= 0.6 is 15.9 Å². The highest BCUT2D eigenvalue weighted by molar-refractivity contribution is 9.10. The molecule has 2 aromatic rings. The molecular formula is C31H40BrN3O4S. The van der Waals surface area contributed by atoms with E-state index in [1.807, 2.05) is 43.3 Å². The lowest BCUT2D eigenvalue weighted by Gasteiger charge is -2.57. The Morgan fingerprint density at radius 2 is 1.52 bits per heavy atom. The summed E-state index contributed by atoms with van der Waals surface area (Å²) in [6, 6.07) is 14.6. The van der Waals surface area contributed by atoms with Crippen LogP contribution in [0.25, 0.3) is 0 Å². The molecule has 0 saturated heterocycles. The molecule has 0 unspecified atom stereocenters. The van der Waals surface area contributed by atoms with Crippen molar-refractivity contribution in [1.29, 1.82) is 0 Å². The van der Waals surface area contributed by atoms with E-state index in [1.54, 1.807) is 6.92 Å². The first-order chi connectivity index (χ1) is 19.0. The summed E-state index contributed by atoms with van der Waals surface area (Å²) in [5.41, 5.74) is 2.83. The molecule has 216 valence electrons. The second kappa shape index (κ2) is 11.5. The summed E-state index contributed by atoms with van der Waals surface area (Å²) in [5.74, 6) is 1.75. The Kier molecular flexibility index (Phi) is 8.35. The van der Waals surface area contributed by atoms with Gasteiger partial charge in [0.1, 0.15) is 12.6 Å². The number of amides is 2. The maximum atomic E-state index is 13.7. The monoisotopic (exact) mass is 629 g/mol. The van der Waals surface area contributed by atoms with Gasteiger partial charge in [0, 0.05) is 17.6 Å². The smallest absolute Gasteiger partial charge is 0.244 e. The fourth-order valence-electron chi connectivity index (χ4n) is 7.75. The van der Waals surface area contributed by atoms with Crippen molar-refractivity contribution in [2.24, 2.45) is 17.8 Å². The number of hydrogen-bond donors (Lipinski definition) is 1. The molecule has 0 heterocycles. The number of rotatable bonds is 10. The highest BCUT2D eigenvalue weighted by Crippen LogP contribution is 2.60. The van der Waals surface area contributed by atoms with Crippen molar-refractivity contribution in [3.8, 4) is 0 Å². The largest absolute Gasteiger partial charge is 0.355 e. The predicted octanol–water partition coefficient (Wildman–Crippen LogP) is 5.24. The second-order valence-corrected chi connectivity index (χ2v) is 15.1. The van der Waals surface area contributed by atoms with Gasteiger partial charge in [-0.2, -0.15) is 0 Å². The average molecular weight is 631 g/mol. The van der Waals surface area contributed by atoms with Gasteiger partial charge in [-0.05, 0) is 111 Å². The molecule has 0 aliphatic heterocycles. The first-order valence-electron chi connectivity index (χ1n) is 14.4. The Morgan fingerprint density at radius 1 is 0.975 bits per heavy atom. The Morgan fingerprint density at radius 3 is 2.02 bits per heavy atom. The van der Waals surface area contributed by atoms with Crippen LogP contribution in [0.4, 0.5) is 5.69 Å². The normalized spacial score (nSPS) is 25.9. The lowest BCUT2D eigenvalue weighted by Crippen LogP contribution is -2.51. The molecule has 4 bridgehead atoms. The standard InChI is InChI=1S/C31H40BrN3O4S/c1-4-33-30(37)21(2)34(19-22-5-9-27(32)10-6-22)29(36)20-35(40(3,38)39)28-11-7-26(8-12-28)31-16-23-13-24(17-31)15-25(14-23)18-31/h5-12,21,23-25H,4,13-20H2,1-3H3,(H,33,37)/t21-,23?,24?,25?,31?/m1/s1. The summed E-state index contributed by atoms with van der Waals surface area (Å²) in [7, 11) is -3.76. The Labute approximate surface area is 246 Å². The first-order valence-corrected chi connectivity index (χ1v) is 17.0. The van der Waals surface area contributed by atoms with E-state index < -0.39 is 22.0 Å². The zero-order valence-electron chi connectivity index (χ0n) is 23.6. The number of likely N-dealkylation sites (N-methyl/N-ethyl adjacent to an activating group) is 1. The summed E-state index contributed by atoms with van der Waals surface area (Å²) in [5, 5.41) is 2.78. The summed E-state index contributed by atoms with van der Waals surface area (Å²) in [6.45, 7) is 3.74. The van der Waals surface area contributed by atoms with E-state index in [2.05, 4.69) is 33.4 Å². The topological polar surface area (TPSA) is 86.8 Å². The van der Waals surface area contributed by atoms with Gasteiger partial charge in [-0.25, -0.2) is 8.42 Å². The summed E-state index contributed by atoms with van der Waals surface area (Å²) < 4.78 is 28.0. The molecule has 4 saturated carbocycles. The number of carbonyl (C=O) groups excluding carboxylic acids is 2. The first kappa shape index (κ1) is 29.1. The van der Waals surface area contributed by atoms with Crippen molar-refractivity contribution in [2.75, 3.05) is 23.7 Å². The van der Waals surface area contributed by atoms with Crippen molar-refractivity contribution in [3.63, 3.8) is 0 Å². The van der Waals surface area contributed by atoms with Crippen LogP contribution in [-0.2, 0) is 31.6 Å². The molecule has 0 radical (unpaired) electrons. The zero-order valence-corrected chi connectivity index (χ0v) is 26.0. The number of carbonyl (C=O) groups is 2. The maximum Gasteiger partial charge on any atom is 0.244 e. The van der Waals surface area contributed by atoms with Crippen molar-refractivity contribution in [1.82, 2.24) is 10.2 Å². The van der Waals surface area contributed by atoms with Crippen LogP contribution in [0.15, 0.2) is 53.0 Å². The molecule has 4 aliphatic carbocycles. The van der Waals surface area contributed by atoms with Gasteiger partial charge in [-0.1, -0.05) is 40.2 Å². The fourth-order valence-corrected chi connectivity index (χ4v) is 8.86. The van der Waals surface area contributed by atoms with Gasteiger partial charge >= 0.3 is 0 Å². The van der Waals surface area contributed by atoms with Crippen molar-refractivity contribution >= 4 is 43.5 Å². The van der Waals surface area contributed by atoms with Crippen molar-refractivity contribution in [3.05, 3.63) is 64.1 Å². The van der Waals surface area contributed by atoms with Crippen molar-refractivity contribution in [2.45, 2.75) is 70.4 Å². The van der Waals surface area contributed by atoms with E-state index in [0.717, 1.165) is 38.4 Å². The van der Waals surface area contributed by atoms with Gasteiger partial charge in [0.05, 0.1) is 11.9 Å². The number of nitrogens with zero attached hydrogens (tertiary/aromatic N) is 2. The third-order valence-corrected chi connectivity index (χ3v) is 10.9. The highest BCUT2D eigenvalue weighted by atomic mass is 79.9. The molecule has 4 fully saturated rings. The molecule has 0 aromatic heterocycles. The number of benzene rings is 2. The van der Waals surface area contributed by atoms with Gasteiger partial charge in [0.25, 0.3) is 0 Å². The van der Waals surface area contributed by atoms with Gasteiger partial charge in [-0.15, -0.1) is 0 Å². The van der Waals surface area contributed by atoms with Gasteiger partial charge in [-0.3, -0.25) is 13.9 Å². The van der Waals surface area contributed by atoms with E-state index in [4.69, 9.17) is 0 Å². The van der Waals surface area contributed by atoms with E-state index in [1.165, 1.54) is 49.0 Å². The Balaban J connectivity index is 1.38. The van der Waals surface area contributed by atoms with Crippen LogP contribution in [0, 0.1) is 17.8 Å². The molecule has 2 amide bonds. The molecule has 0 spiro atoms. The zero-order chi connectivity index (χ0) is 28.7. The van der Waals surface area contributed by atoms with Crippen LogP contribution in [0.3, 0.4) is 0 Å². The van der Waals surface area contributed by atoms with Crippen molar-refractivity contribution < 1.29 is 18.0 Å². The third kappa shape index (κ3) is 6.10. The number of anilines is 1. The minimum absolute atomic E-state index is 0.187. The minimum atomic E-state index is -3.76. The molecular weight excluding hydrogens is 590 g/mol. The van der Waals surface area contributed by atoms with Crippen LogP contribution < -0.4 is 9.62 Å². The third-order valence-electron chi connectivity index (χ3n) is 9.27. The number of halogens is 1. The molecule has 1 atom stereocenters. The number of sulfonamides is 1. The van der Waals surface area contributed by atoms with E-state index >= 15 is 0 Å². The molecule has 40 heavy (non-hydrogen) atoms. The van der Waals surface area contributed by atoms with Crippen LogP contribution in [0.1, 0.15) is 63.5 Å². The summed E-state index contributed by atoms with van der Waals surface area (Å²) in [6.07, 6.45) is 8.92. The van der Waals surface area contributed by atoms with Crippen LogP contribution in [0.5, 0.6) is 0 Å². The van der Waals surface area contributed by atoms with Gasteiger partial charge < -0.3 is 10.2 Å². The van der Waals surface area contributed by atoms with E-state index in [9.17, 15) is 18.0 Å². The molecule has 9 heteroatoms. The Bertz CT molecular complexity index is 1310. The SMILES string of the molecule is CCNC(=O)[C@@H](C)N(Cc1ccc(Br)cc1)C(=O)CN(c1ccc(C23CC4CC(CC(C4)C2)C3)cc1)S(C)(=O)=O. The average Bonchev–Trinajstić information content (AvgIpc) is 2.90. The van der Waals surface area contributed by atoms with Crippen LogP contribution in [-0.4, -0.2) is 50.5 Å². The molecule has 6 rings (SSSR count). The molecule has 2 aromatic carbocycles. The van der Waals surface area contributed by atoms with Gasteiger partial charge in [0.2, 0.25) is 21.8 Å². The summed E-state index contributed by atoms with van der Waals surface area (Å²) in [4.78, 5) is 27.9. The molecule has 1 N–H and O–H groups in total.